The first kappa shape index (κ1) is 17.5. The smallest absolute Gasteiger partial charge is 0.279 e. The van der Waals surface area contributed by atoms with Crippen molar-refractivity contribution in [3.05, 3.63) is 28.8 Å². The number of amides is 2. The molecule has 0 spiro atoms. The van der Waals surface area contributed by atoms with E-state index in [1.54, 1.807) is 6.07 Å². The Balaban J connectivity index is 2.42. The molecule has 21 heavy (non-hydrogen) atoms. The maximum Gasteiger partial charge on any atom is 0.279 e. The Labute approximate surface area is 130 Å². The van der Waals surface area contributed by atoms with E-state index in [2.05, 4.69) is 10.6 Å². The molecule has 1 atom stereocenters. The van der Waals surface area contributed by atoms with Gasteiger partial charge in [-0.05, 0) is 31.0 Å². The van der Waals surface area contributed by atoms with Crippen molar-refractivity contribution >= 4 is 29.1 Å². The zero-order valence-electron chi connectivity index (χ0n) is 12.8. The third kappa shape index (κ3) is 6.60. The van der Waals surface area contributed by atoms with E-state index in [1.807, 2.05) is 33.0 Å². The van der Waals surface area contributed by atoms with E-state index in [-0.39, 0.29) is 24.9 Å². The molecule has 5 nitrogen and oxygen atoms in total. The predicted molar refractivity (Wildman–Crippen MR) is 84.7 cm³/mol. The van der Waals surface area contributed by atoms with Crippen molar-refractivity contribution in [1.82, 2.24) is 5.32 Å². The Morgan fingerprint density at radius 3 is 2.52 bits per heavy atom. The molecular formula is C15H23ClN3O2+. The molecule has 1 aromatic rings. The third-order valence-electron chi connectivity index (χ3n) is 2.95. The summed E-state index contributed by atoms with van der Waals surface area (Å²) in [5.41, 5.74) is 1.63. The molecule has 0 saturated carbocycles. The van der Waals surface area contributed by atoms with Gasteiger partial charge in [0.15, 0.2) is 13.1 Å². The highest BCUT2D eigenvalue weighted by Crippen LogP contribution is 2.19. The summed E-state index contributed by atoms with van der Waals surface area (Å²) >= 11 is 6.01. The fraction of sp³-hybridized carbons (Fsp3) is 0.467. The maximum atomic E-state index is 11.9. The van der Waals surface area contributed by atoms with Crippen LogP contribution in [-0.2, 0) is 9.59 Å². The van der Waals surface area contributed by atoms with Crippen LogP contribution in [0, 0.1) is 6.92 Å². The van der Waals surface area contributed by atoms with E-state index in [9.17, 15) is 9.59 Å². The van der Waals surface area contributed by atoms with Crippen LogP contribution in [0.4, 0.5) is 5.69 Å². The molecular weight excluding hydrogens is 290 g/mol. The summed E-state index contributed by atoms with van der Waals surface area (Å²) in [6.07, 6.45) is 0.902. The van der Waals surface area contributed by atoms with E-state index in [4.69, 9.17) is 11.6 Å². The molecule has 1 unspecified atom stereocenters. The number of nitrogens with one attached hydrogen (secondary N) is 3. The Hall–Kier alpha value is -1.59. The van der Waals surface area contributed by atoms with E-state index < -0.39 is 0 Å². The standard InChI is InChI=1S/C15H22ClN3O2/c1-4-7-17-14(20)9-19(3)10-15(21)18-12-6-5-11(2)13(16)8-12/h5-6,8H,4,7,9-10H2,1-3H3,(H,17,20)(H,18,21)/p+1. The summed E-state index contributed by atoms with van der Waals surface area (Å²) in [7, 11) is 1.81. The molecule has 0 saturated heterocycles. The van der Waals surface area contributed by atoms with E-state index in [0.717, 1.165) is 16.9 Å². The van der Waals surface area contributed by atoms with Crippen LogP contribution in [0.25, 0.3) is 0 Å². The predicted octanol–water partition coefficient (Wildman–Crippen LogP) is 0.628. The van der Waals surface area contributed by atoms with Crippen LogP contribution in [0.5, 0.6) is 0 Å². The Kier molecular flexibility index (Phi) is 7.19. The van der Waals surface area contributed by atoms with E-state index >= 15 is 0 Å². The van der Waals surface area contributed by atoms with Gasteiger partial charge in [0.1, 0.15) is 0 Å². The lowest BCUT2D eigenvalue weighted by Crippen LogP contribution is -3.11. The van der Waals surface area contributed by atoms with Crippen molar-refractivity contribution in [2.45, 2.75) is 20.3 Å². The molecule has 6 heteroatoms. The average molecular weight is 313 g/mol. The number of hydrogen-bond acceptors (Lipinski definition) is 2. The van der Waals surface area contributed by atoms with Crippen molar-refractivity contribution in [1.29, 1.82) is 0 Å². The van der Waals surface area contributed by atoms with Gasteiger partial charge in [0.05, 0.1) is 7.05 Å². The summed E-state index contributed by atoms with van der Waals surface area (Å²) in [5, 5.41) is 6.19. The van der Waals surface area contributed by atoms with Gasteiger partial charge in [-0.2, -0.15) is 0 Å². The second kappa shape index (κ2) is 8.64. The number of quaternary nitrogens is 1. The minimum atomic E-state index is -0.143. The second-order valence-electron chi connectivity index (χ2n) is 5.17. The number of anilines is 1. The number of aryl methyl sites for hydroxylation is 1. The zero-order chi connectivity index (χ0) is 15.8. The van der Waals surface area contributed by atoms with Crippen molar-refractivity contribution in [2.75, 3.05) is 32.0 Å². The van der Waals surface area contributed by atoms with Crippen LogP contribution in [0.2, 0.25) is 5.02 Å². The van der Waals surface area contributed by atoms with Crippen LogP contribution in [0.15, 0.2) is 18.2 Å². The fourth-order valence-electron chi connectivity index (χ4n) is 1.81. The summed E-state index contributed by atoms with van der Waals surface area (Å²) in [6, 6.07) is 5.38. The number of rotatable bonds is 7. The van der Waals surface area contributed by atoms with Crippen molar-refractivity contribution < 1.29 is 14.5 Å². The monoisotopic (exact) mass is 312 g/mol. The highest BCUT2D eigenvalue weighted by molar-refractivity contribution is 6.31. The molecule has 0 fully saturated rings. The molecule has 3 N–H and O–H groups in total. The number of benzene rings is 1. The van der Waals surface area contributed by atoms with Crippen LogP contribution in [0.1, 0.15) is 18.9 Å². The Bertz CT molecular complexity index is 506. The van der Waals surface area contributed by atoms with Crippen molar-refractivity contribution in [2.24, 2.45) is 0 Å². The average Bonchev–Trinajstić information content (AvgIpc) is 2.40. The van der Waals surface area contributed by atoms with Crippen molar-refractivity contribution in [3.8, 4) is 0 Å². The molecule has 2 amide bonds. The molecule has 0 heterocycles. The summed E-state index contributed by atoms with van der Waals surface area (Å²) < 4.78 is 0. The SMILES string of the molecule is CCCNC(=O)C[NH+](C)CC(=O)Nc1ccc(C)c(Cl)c1. The number of likely N-dealkylation sites (N-methyl/N-ethyl adjacent to an activating group) is 1. The van der Waals surface area contributed by atoms with Crippen LogP contribution >= 0.6 is 11.6 Å². The largest absolute Gasteiger partial charge is 0.351 e. The minimum Gasteiger partial charge on any atom is -0.351 e. The summed E-state index contributed by atoms with van der Waals surface area (Å²) in [4.78, 5) is 24.3. The Morgan fingerprint density at radius 2 is 1.90 bits per heavy atom. The number of hydrogen-bond donors (Lipinski definition) is 3. The van der Waals surface area contributed by atoms with Gasteiger partial charge in [0.25, 0.3) is 11.8 Å². The third-order valence-corrected chi connectivity index (χ3v) is 3.36. The number of carbonyl (C=O) groups is 2. The molecule has 0 bridgehead atoms. The van der Waals surface area contributed by atoms with Gasteiger partial charge in [-0.3, -0.25) is 9.59 Å². The topological polar surface area (TPSA) is 62.6 Å². The van der Waals surface area contributed by atoms with E-state index in [0.29, 0.717) is 17.3 Å². The van der Waals surface area contributed by atoms with Gasteiger partial charge in [-0.15, -0.1) is 0 Å². The van der Waals surface area contributed by atoms with Crippen molar-refractivity contribution in [3.63, 3.8) is 0 Å². The first-order chi connectivity index (χ1) is 9.92. The molecule has 0 aliphatic carbocycles. The molecule has 1 rings (SSSR count). The quantitative estimate of drug-likeness (QED) is 0.691. The van der Waals surface area contributed by atoms with Crippen LogP contribution in [0.3, 0.4) is 0 Å². The van der Waals surface area contributed by atoms with Gasteiger partial charge in [-0.25, -0.2) is 0 Å². The zero-order valence-corrected chi connectivity index (χ0v) is 13.5. The first-order valence-corrected chi connectivity index (χ1v) is 7.44. The molecule has 0 aliphatic rings. The first-order valence-electron chi connectivity index (χ1n) is 7.06. The maximum absolute atomic E-state index is 11.9. The highest BCUT2D eigenvalue weighted by atomic mass is 35.5. The normalized spacial score (nSPS) is 11.8. The lowest BCUT2D eigenvalue weighted by atomic mass is 10.2. The van der Waals surface area contributed by atoms with E-state index in [1.165, 1.54) is 0 Å². The van der Waals surface area contributed by atoms with Gasteiger partial charge >= 0.3 is 0 Å². The van der Waals surface area contributed by atoms with Crippen LogP contribution in [-0.4, -0.2) is 38.5 Å². The highest BCUT2D eigenvalue weighted by Gasteiger charge is 2.14. The summed E-state index contributed by atoms with van der Waals surface area (Å²) in [5.74, 6) is -0.184. The lowest BCUT2D eigenvalue weighted by molar-refractivity contribution is -0.862. The minimum absolute atomic E-state index is 0.0412. The lowest BCUT2D eigenvalue weighted by Gasteiger charge is -2.13. The molecule has 0 aliphatic heterocycles. The number of halogens is 1. The summed E-state index contributed by atoms with van der Waals surface area (Å²) in [6.45, 7) is 5.07. The number of carbonyl (C=O) groups excluding carboxylic acids is 2. The molecule has 1 aromatic carbocycles. The van der Waals surface area contributed by atoms with Gasteiger partial charge < -0.3 is 15.5 Å². The van der Waals surface area contributed by atoms with Gasteiger partial charge in [0.2, 0.25) is 0 Å². The van der Waals surface area contributed by atoms with Gasteiger partial charge in [-0.1, -0.05) is 24.6 Å². The molecule has 0 radical (unpaired) electrons. The molecule has 116 valence electrons. The Morgan fingerprint density at radius 1 is 1.24 bits per heavy atom. The van der Waals surface area contributed by atoms with Gasteiger partial charge in [0, 0.05) is 17.3 Å². The second-order valence-corrected chi connectivity index (χ2v) is 5.58. The fourth-order valence-corrected chi connectivity index (χ4v) is 1.99. The molecule has 0 aromatic heterocycles. The van der Waals surface area contributed by atoms with Crippen LogP contribution < -0.4 is 15.5 Å².